The molecule has 0 rings (SSSR count). The lowest BCUT2D eigenvalue weighted by Gasteiger charge is -2.22. The van der Waals surface area contributed by atoms with Gasteiger partial charge in [0, 0.05) is 12.8 Å². The number of esters is 1. The van der Waals surface area contributed by atoms with Crippen molar-refractivity contribution in [1.82, 2.24) is 5.32 Å². The van der Waals surface area contributed by atoms with E-state index in [1.165, 1.54) is 315 Å². The van der Waals surface area contributed by atoms with Crippen LogP contribution in [0.3, 0.4) is 0 Å². The third kappa shape index (κ3) is 65.2. The highest BCUT2D eigenvalue weighted by Gasteiger charge is 2.20. The summed E-state index contributed by atoms with van der Waals surface area (Å²) in [4.78, 5) is 24.5. The van der Waals surface area contributed by atoms with E-state index in [4.69, 9.17) is 4.74 Å². The van der Waals surface area contributed by atoms with Crippen LogP contribution in [0.4, 0.5) is 0 Å². The van der Waals surface area contributed by atoms with E-state index < -0.39 is 12.1 Å². The van der Waals surface area contributed by atoms with Gasteiger partial charge in [-0.05, 0) is 77.0 Å². The zero-order valence-corrected chi connectivity index (χ0v) is 54.1. The molecule has 0 radical (unpaired) electrons. The van der Waals surface area contributed by atoms with Gasteiger partial charge < -0.3 is 20.3 Å². The number of hydrogen-bond donors (Lipinski definition) is 3. The van der Waals surface area contributed by atoms with Gasteiger partial charge in [0.15, 0.2) is 0 Å². The van der Waals surface area contributed by atoms with Gasteiger partial charge in [0.25, 0.3) is 0 Å². The van der Waals surface area contributed by atoms with Crippen LogP contribution in [0.1, 0.15) is 399 Å². The number of hydrogen-bond acceptors (Lipinski definition) is 5. The number of nitrogens with one attached hydrogen (secondary N) is 1. The normalized spacial score (nSPS) is 12.7. The fraction of sp³-hybridized carbons (Fsp3) is 0.892. The molecule has 1 amide bonds. The molecule has 0 aromatic carbocycles. The molecule has 2 unspecified atom stereocenters. The van der Waals surface area contributed by atoms with Crippen molar-refractivity contribution in [3.8, 4) is 0 Å². The Hall–Kier alpha value is -1.92. The Morgan fingerprint density at radius 1 is 0.350 bits per heavy atom. The van der Waals surface area contributed by atoms with Crippen molar-refractivity contribution in [3.05, 3.63) is 36.5 Å². The van der Waals surface area contributed by atoms with Crippen molar-refractivity contribution in [2.45, 2.75) is 411 Å². The zero-order valence-electron chi connectivity index (χ0n) is 54.1. The van der Waals surface area contributed by atoms with Crippen LogP contribution >= 0.6 is 0 Å². The molecule has 472 valence electrons. The topological polar surface area (TPSA) is 95.9 Å². The Balaban J connectivity index is 3.30. The summed E-state index contributed by atoms with van der Waals surface area (Å²) in [7, 11) is 0. The third-order valence-electron chi connectivity index (χ3n) is 16.9. The molecule has 0 spiro atoms. The fourth-order valence-corrected chi connectivity index (χ4v) is 11.4. The highest BCUT2D eigenvalue weighted by atomic mass is 16.5. The van der Waals surface area contributed by atoms with Gasteiger partial charge in [-0.1, -0.05) is 346 Å². The first-order chi connectivity index (χ1) is 39.5. The molecule has 0 aliphatic rings. The van der Waals surface area contributed by atoms with Crippen LogP contribution in [0.2, 0.25) is 0 Å². The maximum Gasteiger partial charge on any atom is 0.305 e. The van der Waals surface area contributed by atoms with Crippen LogP contribution in [-0.2, 0) is 14.3 Å². The van der Waals surface area contributed by atoms with E-state index in [9.17, 15) is 19.8 Å². The maximum atomic E-state index is 12.5. The average Bonchev–Trinajstić information content (AvgIpc) is 3.46. The molecule has 0 heterocycles. The van der Waals surface area contributed by atoms with E-state index in [2.05, 4.69) is 55.6 Å². The molecule has 0 aliphatic heterocycles. The number of rotatable bonds is 68. The Labute approximate surface area is 500 Å². The molecule has 6 nitrogen and oxygen atoms in total. The number of ether oxygens (including phenoxy) is 1. The fourth-order valence-electron chi connectivity index (χ4n) is 11.4. The van der Waals surface area contributed by atoms with Crippen molar-refractivity contribution < 1.29 is 24.5 Å². The zero-order chi connectivity index (χ0) is 57.8. The molecule has 0 aromatic rings. The lowest BCUT2D eigenvalue weighted by atomic mass is 10.0. The van der Waals surface area contributed by atoms with Crippen molar-refractivity contribution in [2.24, 2.45) is 0 Å². The first kappa shape index (κ1) is 78.1. The second kappa shape index (κ2) is 69.6. The predicted molar refractivity (Wildman–Crippen MR) is 352 cm³/mol. The second-order valence-corrected chi connectivity index (χ2v) is 24.9. The van der Waals surface area contributed by atoms with Crippen LogP contribution < -0.4 is 5.32 Å². The summed E-state index contributed by atoms with van der Waals surface area (Å²) in [6.45, 7) is 4.90. The van der Waals surface area contributed by atoms with Crippen LogP contribution in [0, 0.1) is 0 Å². The molecule has 0 saturated carbocycles. The van der Waals surface area contributed by atoms with Crippen molar-refractivity contribution in [3.63, 3.8) is 0 Å². The van der Waals surface area contributed by atoms with Gasteiger partial charge in [-0.3, -0.25) is 9.59 Å². The van der Waals surface area contributed by atoms with Crippen molar-refractivity contribution >= 4 is 11.9 Å². The van der Waals surface area contributed by atoms with E-state index in [0.29, 0.717) is 25.9 Å². The summed E-state index contributed by atoms with van der Waals surface area (Å²) in [5.41, 5.74) is 0. The molecule has 0 aromatic heterocycles. The van der Waals surface area contributed by atoms with Gasteiger partial charge >= 0.3 is 5.97 Å². The van der Waals surface area contributed by atoms with E-state index >= 15 is 0 Å². The average molecular weight is 1120 g/mol. The summed E-state index contributed by atoms with van der Waals surface area (Å²) in [5.74, 6) is -0.0227. The molecule has 0 fully saturated rings. The molecular formula is C74H141NO5. The number of unbranched alkanes of at least 4 members (excludes halogenated alkanes) is 51. The van der Waals surface area contributed by atoms with E-state index in [1.54, 1.807) is 0 Å². The van der Waals surface area contributed by atoms with E-state index in [0.717, 1.165) is 51.4 Å². The Morgan fingerprint density at radius 3 is 1.01 bits per heavy atom. The lowest BCUT2D eigenvalue weighted by molar-refractivity contribution is -0.143. The Kier molecular flexibility index (Phi) is 67.9. The summed E-state index contributed by atoms with van der Waals surface area (Å²) in [5, 5.41) is 23.2. The summed E-state index contributed by atoms with van der Waals surface area (Å²) >= 11 is 0. The summed E-state index contributed by atoms with van der Waals surface area (Å²) in [6.07, 6.45) is 89.4. The largest absolute Gasteiger partial charge is 0.466 e. The third-order valence-corrected chi connectivity index (χ3v) is 16.9. The lowest BCUT2D eigenvalue weighted by Crippen LogP contribution is -2.45. The minimum Gasteiger partial charge on any atom is -0.466 e. The van der Waals surface area contributed by atoms with E-state index in [-0.39, 0.29) is 18.5 Å². The van der Waals surface area contributed by atoms with Gasteiger partial charge in [0.2, 0.25) is 5.91 Å². The molecule has 2 atom stereocenters. The van der Waals surface area contributed by atoms with Crippen LogP contribution in [0.5, 0.6) is 0 Å². The monoisotopic (exact) mass is 1120 g/mol. The highest BCUT2D eigenvalue weighted by Crippen LogP contribution is 2.19. The highest BCUT2D eigenvalue weighted by molar-refractivity contribution is 5.76. The molecule has 0 aliphatic carbocycles. The first-order valence-corrected chi connectivity index (χ1v) is 36.2. The smallest absolute Gasteiger partial charge is 0.305 e. The molecule has 0 saturated heterocycles. The van der Waals surface area contributed by atoms with Gasteiger partial charge in [0.1, 0.15) is 0 Å². The van der Waals surface area contributed by atoms with Crippen molar-refractivity contribution in [1.29, 1.82) is 0 Å². The van der Waals surface area contributed by atoms with Crippen molar-refractivity contribution in [2.75, 3.05) is 13.2 Å². The number of carbonyl (C=O) groups excluding carboxylic acids is 2. The van der Waals surface area contributed by atoms with E-state index in [1.807, 2.05) is 0 Å². The molecule has 0 bridgehead atoms. The first-order valence-electron chi connectivity index (χ1n) is 36.2. The number of aliphatic hydroxyl groups is 2. The van der Waals surface area contributed by atoms with Gasteiger partial charge in [0.05, 0.1) is 25.4 Å². The standard InChI is InChI=1S/C74H141NO5/c1-3-5-7-9-11-13-15-43-48-52-56-60-64-68-74(79)80-69-65-61-57-53-49-45-42-40-38-36-34-32-30-28-26-24-22-20-18-16-17-19-21-23-25-27-29-31-33-35-37-39-41-44-47-51-55-59-63-67-73(78)75-71(70-76)72(77)66-62-58-54-50-46-14-12-10-8-6-4-2/h7,9,13,15-17,71-72,76-77H,3-6,8,10-12,14,18-70H2,1-2H3,(H,75,78)/b9-7-,15-13-,17-16-. The Morgan fingerprint density at radius 2 is 0.650 bits per heavy atom. The summed E-state index contributed by atoms with van der Waals surface area (Å²) < 4.78 is 5.48. The second-order valence-electron chi connectivity index (χ2n) is 24.9. The molecule has 3 N–H and O–H groups in total. The minimum absolute atomic E-state index is 0.00720. The minimum atomic E-state index is -0.659. The maximum absolute atomic E-state index is 12.5. The van der Waals surface area contributed by atoms with Gasteiger partial charge in [-0.25, -0.2) is 0 Å². The molecule has 80 heavy (non-hydrogen) atoms. The van der Waals surface area contributed by atoms with Gasteiger partial charge in [-0.2, -0.15) is 0 Å². The predicted octanol–water partition coefficient (Wildman–Crippen LogP) is 23.5. The Bertz CT molecular complexity index is 1300. The van der Waals surface area contributed by atoms with Crippen LogP contribution in [-0.4, -0.2) is 47.4 Å². The van der Waals surface area contributed by atoms with Crippen LogP contribution in [0.25, 0.3) is 0 Å². The molecule has 6 heteroatoms. The number of allylic oxidation sites excluding steroid dienone is 6. The SMILES string of the molecule is CCC/C=C\C/C=C\CCCCCCCC(=O)OCCCCCCCCCCCCCCCCCCCC/C=C\CCCCCCCCCCCCCCCCCCCC(=O)NC(CO)C(O)CCCCCCCCCCCCC. The molecular weight excluding hydrogens is 983 g/mol. The summed E-state index contributed by atoms with van der Waals surface area (Å²) in [6, 6.07) is -0.536. The number of amides is 1. The quantitative estimate of drug-likeness (QED) is 0.0320. The van der Waals surface area contributed by atoms with Gasteiger partial charge in [-0.15, -0.1) is 0 Å². The van der Waals surface area contributed by atoms with Crippen LogP contribution in [0.15, 0.2) is 36.5 Å². The number of carbonyl (C=O) groups is 2. The number of aliphatic hydroxyl groups excluding tert-OH is 2.